The van der Waals surface area contributed by atoms with Gasteiger partial charge in [0.1, 0.15) is 6.29 Å². The van der Waals surface area contributed by atoms with Crippen LogP contribution >= 0.6 is 0 Å². The SMILES string of the molecule is N#CCC(O)CC=O. The maximum absolute atomic E-state index is 9.62. The summed E-state index contributed by atoms with van der Waals surface area (Å²) in [6, 6.07) is 1.74. The monoisotopic (exact) mass is 113 g/mol. The molecule has 0 fully saturated rings. The van der Waals surface area contributed by atoms with Crippen molar-refractivity contribution in [2.24, 2.45) is 0 Å². The minimum atomic E-state index is -0.766. The van der Waals surface area contributed by atoms with E-state index >= 15 is 0 Å². The standard InChI is InChI=1S/C5H7NO2/c6-3-1-5(8)2-4-7/h4-5,8H,1-2H2. The highest BCUT2D eigenvalue weighted by molar-refractivity contribution is 5.50. The smallest absolute Gasteiger partial charge is 0.122 e. The molecule has 8 heavy (non-hydrogen) atoms. The number of carbonyl (C=O) groups is 1. The minimum Gasteiger partial charge on any atom is -0.392 e. The fraction of sp³-hybridized carbons (Fsp3) is 0.600. The Hall–Kier alpha value is -0.880. The molecular weight excluding hydrogens is 106 g/mol. The Bertz CT molecular complexity index is 105. The first-order valence-corrected chi connectivity index (χ1v) is 2.30. The van der Waals surface area contributed by atoms with Crippen molar-refractivity contribution >= 4 is 6.29 Å². The minimum absolute atomic E-state index is 0.0404. The van der Waals surface area contributed by atoms with E-state index in [9.17, 15) is 4.79 Å². The number of aliphatic hydroxyl groups excluding tert-OH is 1. The Labute approximate surface area is 47.5 Å². The quantitative estimate of drug-likeness (QED) is 0.518. The predicted octanol–water partition coefficient (Wildman–Crippen LogP) is -0.150. The number of nitriles is 1. The largest absolute Gasteiger partial charge is 0.392 e. The van der Waals surface area contributed by atoms with Crippen LogP contribution in [0.15, 0.2) is 0 Å². The molecular formula is C5H7NO2. The number of carbonyl (C=O) groups excluding carboxylic acids is 1. The molecule has 44 valence electrons. The first kappa shape index (κ1) is 7.12. The van der Waals surface area contributed by atoms with Gasteiger partial charge in [-0.2, -0.15) is 5.26 Å². The molecule has 3 heteroatoms. The van der Waals surface area contributed by atoms with Crippen molar-refractivity contribution in [2.75, 3.05) is 0 Å². The zero-order chi connectivity index (χ0) is 6.41. The summed E-state index contributed by atoms with van der Waals surface area (Å²) in [5, 5.41) is 16.5. The van der Waals surface area contributed by atoms with E-state index < -0.39 is 6.10 Å². The summed E-state index contributed by atoms with van der Waals surface area (Å²) in [5.74, 6) is 0. The molecule has 1 atom stereocenters. The summed E-state index contributed by atoms with van der Waals surface area (Å²) in [5.41, 5.74) is 0. The van der Waals surface area contributed by atoms with Gasteiger partial charge in [0.25, 0.3) is 0 Å². The predicted molar refractivity (Wildman–Crippen MR) is 26.9 cm³/mol. The van der Waals surface area contributed by atoms with Crippen molar-refractivity contribution < 1.29 is 9.90 Å². The second-order valence-electron chi connectivity index (χ2n) is 1.42. The molecule has 0 aromatic rings. The van der Waals surface area contributed by atoms with Crippen LogP contribution in [-0.2, 0) is 4.79 Å². The Morgan fingerprint density at radius 3 is 2.88 bits per heavy atom. The second-order valence-corrected chi connectivity index (χ2v) is 1.42. The van der Waals surface area contributed by atoms with Gasteiger partial charge >= 0.3 is 0 Å². The third kappa shape index (κ3) is 3.32. The highest BCUT2D eigenvalue weighted by atomic mass is 16.3. The highest BCUT2D eigenvalue weighted by Crippen LogP contribution is 1.91. The van der Waals surface area contributed by atoms with Crippen LogP contribution < -0.4 is 0 Å². The van der Waals surface area contributed by atoms with E-state index in [1.807, 2.05) is 0 Å². The fourth-order valence-electron chi connectivity index (χ4n) is 0.300. The van der Waals surface area contributed by atoms with Gasteiger partial charge < -0.3 is 9.90 Å². The lowest BCUT2D eigenvalue weighted by atomic mass is 10.2. The van der Waals surface area contributed by atoms with Gasteiger partial charge in [-0.05, 0) is 0 Å². The Kier molecular flexibility index (Phi) is 3.81. The maximum atomic E-state index is 9.62. The van der Waals surface area contributed by atoms with Gasteiger partial charge in [0.2, 0.25) is 0 Å². The van der Waals surface area contributed by atoms with E-state index in [1.54, 1.807) is 6.07 Å². The van der Waals surface area contributed by atoms with Crippen molar-refractivity contribution in [1.82, 2.24) is 0 Å². The summed E-state index contributed by atoms with van der Waals surface area (Å²) in [6.45, 7) is 0. The summed E-state index contributed by atoms with van der Waals surface area (Å²) in [4.78, 5) is 9.62. The lowest BCUT2D eigenvalue weighted by molar-refractivity contribution is -0.109. The Morgan fingerprint density at radius 2 is 2.50 bits per heavy atom. The van der Waals surface area contributed by atoms with Crippen LogP contribution in [0.5, 0.6) is 0 Å². The molecule has 0 saturated heterocycles. The van der Waals surface area contributed by atoms with E-state index in [2.05, 4.69) is 0 Å². The number of aliphatic hydroxyl groups is 1. The molecule has 0 bridgehead atoms. The van der Waals surface area contributed by atoms with Gasteiger partial charge in [0, 0.05) is 6.42 Å². The van der Waals surface area contributed by atoms with Crippen LogP contribution in [0.4, 0.5) is 0 Å². The number of nitrogens with zero attached hydrogens (tertiary/aromatic N) is 1. The van der Waals surface area contributed by atoms with Crippen LogP contribution in [0.3, 0.4) is 0 Å². The third-order valence-electron chi connectivity index (χ3n) is 0.695. The molecule has 0 saturated carbocycles. The number of hydrogen-bond acceptors (Lipinski definition) is 3. The Morgan fingerprint density at radius 1 is 1.88 bits per heavy atom. The van der Waals surface area contributed by atoms with Crippen LogP contribution in [0.1, 0.15) is 12.8 Å². The second kappa shape index (κ2) is 4.28. The van der Waals surface area contributed by atoms with Crippen molar-refractivity contribution in [1.29, 1.82) is 5.26 Å². The molecule has 0 rings (SSSR count). The van der Waals surface area contributed by atoms with E-state index in [1.165, 1.54) is 0 Å². The van der Waals surface area contributed by atoms with Crippen molar-refractivity contribution in [2.45, 2.75) is 18.9 Å². The number of rotatable bonds is 3. The molecule has 0 aliphatic rings. The van der Waals surface area contributed by atoms with E-state index in [-0.39, 0.29) is 12.8 Å². The number of aldehydes is 1. The van der Waals surface area contributed by atoms with Gasteiger partial charge in [0.15, 0.2) is 0 Å². The molecule has 0 amide bonds. The molecule has 0 aliphatic heterocycles. The van der Waals surface area contributed by atoms with Crippen molar-refractivity contribution in [3.8, 4) is 6.07 Å². The molecule has 0 radical (unpaired) electrons. The molecule has 0 aromatic heterocycles. The zero-order valence-electron chi connectivity index (χ0n) is 4.37. The van der Waals surface area contributed by atoms with Crippen LogP contribution in [0, 0.1) is 11.3 Å². The van der Waals surface area contributed by atoms with Crippen LogP contribution in [0.2, 0.25) is 0 Å². The van der Waals surface area contributed by atoms with Gasteiger partial charge in [-0.3, -0.25) is 0 Å². The summed E-state index contributed by atoms with van der Waals surface area (Å²) in [7, 11) is 0. The topological polar surface area (TPSA) is 61.1 Å². The third-order valence-corrected chi connectivity index (χ3v) is 0.695. The first-order chi connectivity index (χ1) is 3.81. The first-order valence-electron chi connectivity index (χ1n) is 2.30. The van der Waals surface area contributed by atoms with Crippen LogP contribution in [-0.4, -0.2) is 17.5 Å². The summed E-state index contributed by atoms with van der Waals surface area (Å²) >= 11 is 0. The van der Waals surface area contributed by atoms with Gasteiger partial charge in [-0.15, -0.1) is 0 Å². The molecule has 0 spiro atoms. The summed E-state index contributed by atoms with van der Waals surface area (Å²) in [6.07, 6.45) is -0.0635. The zero-order valence-corrected chi connectivity index (χ0v) is 4.37. The van der Waals surface area contributed by atoms with Gasteiger partial charge in [-0.25, -0.2) is 0 Å². The maximum Gasteiger partial charge on any atom is 0.122 e. The summed E-state index contributed by atoms with van der Waals surface area (Å²) < 4.78 is 0. The van der Waals surface area contributed by atoms with Gasteiger partial charge in [0.05, 0.1) is 18.6 Å². The van der Waals surface area contributed by atoms with E-state index in [0.29, 0.717) is 6.29 Å². The van der Waals surface area contributed by atoms with E-state index in [0.717, 1.165) is 0 Å². The van der Waals surface area contributed by atoms with Crippen molar-refractivity contribution in [3.63, 3.8) is 0 Å². The average Bonchev–Trinajstić information content (AvgIpc) is 1.68. The Balaban J connectivity index is 3.20. The van der Waals surface area contributed by atoms with Crippen LogP contribution in [0.25, 0.3) is 0 Å². The van der Waals surface area contributed by atoms with E-state index in [4.69, 9.17) is 10.4 Å². The molecule has 3 nitrogen and oxygen atoms in total. The lowest BCUT2D eigenvalue weighted by Gasteiger charge is -1.95. The highest BCUT2D eigenvalue weighted by Gasteiger charge is 1.98. The average molecular weight is 113 g/mol. The van der Waals surface area contributed by atoms with Gasteiger partial charge in [-0.1, -0.05) is 0 Å². The molecule has 1 unspecified atom stereocenters. The number of hydrogen-bond donors (Lipinski definition) is 1. The molecule has 0 heterocycles. The lowest BCUT2D eigenvalue weighted by Crippen LogP contribution is -2.04. The van der Waals surface area contributed by atoms with Crippen molar-refractivity contribution in [3.05, 3.63) is 0 Å². The fourth-order valence-corrected chi connectivity index (χ4v) is 0.300. The molecule has 0 aromatic carbocycles. The normalized spacial score (nSPS) is 12.0. The molecule has 0 aliphatic carbocycles. The molecule has 1 N–H and O–H groups in total.